The van der Waals surface area contributed by atoms with Gasteiger partial charge < -0.3 is 3.79 Å². The van der Waals surface area contributed by atoms with Gasteiger partial charge >= 0.3 is 15.6 Å². The molecule has 30 valence electrons. The van der Waals surface area contributed by atoms with Gasteiger partial charge in [0.05, 0.1) is 0 Å². The van der Waals surface area contributed by atoms with E-state index in [4.69, 9.17) is 0 Å². The van der Waals surface area contributed by atoms with Gasteiger partial charge in [-0.1, -0.05) is 5.79 Å². The fourth-order valence-electron chi connectivity index (χ4n) is 0. The topological polar surface area (TPSA) is 9.23 Å². The van der Waals surface area contributed by atoms with E-state index in [2.05, 4.69) is 3.79 Å². The Kier molecular flexibility index (Phi) is 16.9. The van der Waals surface area contributed by atoms with E-state index >= 15 is 0 Å². The number of hydrogen-bond acceptors (Lipinski definition) is 1. The van der Waals surface area contributed by atoms with Crippen LogP contribution >= 0.6 is 0 Å². The quantitative estimate of drug-likeness (QED) is 0.615. The first-order chi connectivity index (χ1) is 1.91. The first-order valence-corrected chi connectivity index (χ1v) is 2.85. The van der Waals surface area contributed by atoms with Crippen LogP contribution in [-0.4, -0.2) is 22.7 Å². The van der Waals surface area contributed by atoms with Gasteiger partial charge in [0, 0.05) is 27.5 Å². The molecule has 0 aromatic heterocycles. The Hall–Kier alpha value is 1.15. The van der Waals surface area contributed by atoms with Crippen molar-refractivity contribution >= 4 is 15.6 Å². The zero-order valence-corrected chi connectivity index (χ0v) is 7.23. The van der Waals surface area contributed by atoms with Crippen LogP contribution in [0.1, 0.15) is 0 Å². The predicted molar refractivity (Wildman–Crippen MR) is 18.6 cm³/mol. The Morgan fingerprint density at radius 2 is 1.80 bits per heavy atom. The van der Waals surface area contributed by atoms with Crippen molar-refractivity contribution in [2.75, 3.05) is 7.11 Å². The van der Waals surface area contributed by atoms with Gasteiger partial charge in [0.1, 0.15) is 0 Å². The third-order valence-corrected chi connectivity index (χ3v) is 0.707. The predicted octanol–water partition coefficient (Wildman–Crippen LogP) is 0.298. The maximum Gasteiger partial charge on any atom is 0.419 e. The van der Waals surface area contributed by atoms with Crippen LogP contribution in [0.5, 0.6) is 0 Å². The first kappa shape index (κ1) is 9.47. The molecule has 0 atom stereocenters. The molecule has 0 heterocycles. The Morgan fingerprint density at radius 1 is 1.60 bits per heavy atom. The van der Waals surface area contributed by atoms with Crippen molar-refractivity contribution < 1.29 is 24.2 Å². The monoisotopic (exact) mass is 260 g/mol. The average molecular weight is 259 g/mol. The number of hydrogen-bond donors (Lipinski definition) is 0. The van der Waals surface area contributed by atoms with Crippen LogP contribution in [0.4, 0.5) is 0 Å². The van der Waals surface area contributed by atoms with Gasteiger partial charge in [-0.2, -0.15) is 0 Å². The van der Waals surface area contributed by atoms with E-state index in [0.717, 1.165) is 0 Å². The first-order valence-electron chi connectivity index (χ1n) is 1.22. The second-order valence-electron chi connectivity index (χ2n) is 0.471. The summed E-state index contributed by atoms with van der Waals surface area (Å²) in [6.45, 7) is 0. The van der Waals surface area contributed by atoms with Crippen molar-refractivity contribution in [1.82, 2.24) is 0 Å². The van der Waals surface area contributed by atoms with Crippen LogP contribution in [0.3, 0.4) is 0 Å². The summed E-state index contributed by atoms with van der Waals surface area (Å²) >= 11 is 0.282. The standard InChI is InChI=1S/CH3O.CH3.Al.Re/c1-2;;;/h1H3;1H3;;/q-1;;+1;. The van der Waals surface area contributed by atoms with Gasteiger partial charge in [0.25, 0.3) is 0 Å². The minimum absolute atomic E-state index is 0. The summed E-state index contributed by atoms with van der Waals surface area (Å²) in [6, 6.07) is 0. The molecule has 3 heteroatoms. The van der Waals surface area contributed by atoms with E-state index < -0.39 is 0 Å². The Labute approximate surface area is 52.8 Å². The van der Waals surface area contributed by atoms with Gasteiger partial charge in [0.15, 0.2) is 0 Å². The van der Waals surface area contributed by atoms with Crippen molar-refractivity contribution in [2.45, 2.75) is 5.79 Å². The fourth-order valence-corrected chi connectivity index (χ4v) is 0. The normalized spacial score (nSPS) is 5.20. The molecule has 5 heavy (non-hydrogen) atoms. The third-order valence-electron chi connectivity index (χ3n) is 0.236. The molecule has 0 spiro atoms. The number of rotatable bonds is 1. The third kappa shape index (κ3) is 11.0. The van der Waals surface area contributed by atoms with E-state index in [0.29, 0.717) is 0 Å². The molecule has 0 aliphatic rings. The summed E-state index contributed by atoms with van der Waals surface area (Å²) < 4.78 is 4.62. The van der Waals surface area contributed by atoms with Gasteiger partial charge in [-0.3, -0.25) is 0 Å². The SMILES string of the molecule is C[O][Al][CH3].[Re]. The Balaban J connectivity index is 0. The van der Waals surface area contributed by atoms with Crippen molar-refractivity contribution in [1.29, 1.82) is 0 Å². The summed E-state index contributed by atoms with van der Waals surface area (Å²) in [5.41, 5.74) is 0. The summed E-state index contributed by atoms with van der Waals surface area (Å²) in [5, 5.41) is 0. The van der Waals surface area contributed by atoms with Crippen molar-refractivity contribution in [3.8, 4) is 0 Å². The van der Waals surface area contributed by atoms with Gasteiger partial charge in [0.2, 0.25) is 0 Å². The van der Waals surface area contributed by atoms with Crippen LogP contribution in [-0.2, 0) is 24.2 Å². The van der Waals surface area contributed by atoms with Crippen LogP contribution in [0.25, 0.3) is 0 Å². The minimum Gasteiger partial charge on any atom is -0.509 e. The molecule has 0 N–H and O–H groups in total. The minimum atomic E-state index is 0. The summed E-state index contributed by atoms with van der Waals surface area (Å²) in [4.78, 5) is 0. The molecule has 0 aromatic rings. The van der Waals surface area contributed by atoms with E-state index in [-0.39, 0.29) is 36.0 Å². The average Bonchev–Trinajstić information content (AvgIpc) is 1.37. The zero-order valence-electron chi connectivity index (χ0n) is 3.36. The Bertz CT molecular complexity index is 11.6. The molecule has 0 bridgehead atoms. The molecule has 0 aliphatic carbocycles. The van der Waals surface area contributed by atoms with Gasteiger partial charge in [-0.25, -0.2) is 0 Å². The summed E-state index contributed by atoms with van der Waals surface area (Å²) in [7, 11) is 1.72. The van der Waals surface area contributed by atoms with E-state index in [1.165, 1.54) is 0 Å². The Morgan fingerprint density at radius 3 is 1.80 bits per heavy atom. The molecular formula is C2H6AlORe. The molecule has 2 radical (unpaired) electrons. The van der Waals surface area contributed by atoms with Crippen LogP contribution in [0, 0.1) is 0 Å². The fraction of sp³-hybridized carbons (Fsp3) is 1.00. The molecule has 0 aliphatic heterocycles. The van der Waals surface area contributed by atoms with Crippen LogP contribution in [0.2, 0.25) is 5.79 Å². The maximum atomic E-state index is 4.62. The largest absolute Gasteiger partial charge is 0.509 e. The molecule has 0 saturated heterocycles. The van der Waals surface area contributed by atoms with E-state index in [9.17, 15) is 0 Å². The van der Waals surface area contributed by atoms with Gasteiger partial charge in [-0.05, 0) is 0 Å². The van der Waals surface area contributed by atoms with E-state index in [1.54, 1.807) is 7.11 Å². The maximum absolute atomic E-state index is 4.62. The summed E-state index contributed by atoms with van der Waals surface area (Å²) in [5.74, 6) is 2.04. The van der Waals surface area contributed by atoms with Gasteiger partial charge in [-0.15, -0.1) is 0 Å². The molecule has 0 saturated carbocycles. The van der Waals surface area contributed by atoms with Crippen molar-refractivity contribution in [3.05, 3.63) is 0 Å². The molecular weight excluding hydrogens is 253 g/mol. The van der Waals surface area contributed by atoms with Crippen molar-refractivity contribution in [3.63, 3.8) is 0 Å². The molecule has 0 amide bonds. The van der Waals surface area contributed by atoms with Crippen molar-refractivity contribution in [2.24, 2.45) is 0 Å². The summed E-state index contributed by atoms with van der Waals surface area (Å²) in [6.07, 6.45) is 0. The van der Waals surface area contributed by atoms with Crippen LogP contribution < -0.4 is 0 Å². The second-order valence-corrected chi connectivity index (χ2v) is 1.41. The molecule has 1 nitrogen and oxygen atoms in total. The molecule has 0 aromatic carbocycles. The van der Waals surface area contributed by atoms with Crippen LogP contribution in [0.15, 0.2) is 0 Å². The zero-order chi connectivity index (χ0) is 3.41. The smallest absolute Gasteiger partial charge is 0.419 e. The molecule has 0 rings (SSSR count). The molecule has 0 fully saturated rings. The molecule has 0 unspecified atom stereocenters. The van der Waals surface area contributed by atoms with E-state index in [1.807, 2.05) is 5.79 Å². The second kappa shape index (κ2) is 8.94.